The van der Waals surface area contributed by atoms with E-state index in [1.54, 1.807) is 0 Å². The lowest BCUT2D eigenvalue weighted by Gasteiger charge is -2.27. The Morgan fingerprint density at radius 2 is 1.87 bits per heavy atom. The van der Waals surface area contributed by atoms with Crippen molar-refractivity contribution in [2.75, 3.05) is 26.3 Å². The van der Waals surface area contributed by atoms with Crippen LogP contribution < -0.4 is 4.74 Å². The average molecular weight is 376 g/mol. The summed E-state index contributed by atoms with van der Waals surface area (Å²) >= 11 is 3.61. The Morgan fingerprint density at radius 3 is 2.61 bits per heavy atom. The Hall–Kier alpha value is -1.36. The van der Waals surface area contributed by atoms with Crippen LogP contribution in [-0.4, -0.2) is 31.2 Å². The molecule has 4 heteroatoms. The van der Waals surface area contributed by atoms with Gasteiger partial charge in [-0.25, -0.2) is 0 Å². The van der Waals surface area contributed by atoms with Crippen molar-refractivity contribution >= 4 is 15.9 Å². The number of ether oxygens (including phenoxy) is 2. The van der Waals surface area contributed by atoms with E-state index in [9.17, 15) is 0 Å². The van der Waals surface area contributed by atoms with Gasteiger partial charge in [-0.15, -0.1) is 0 Å². The number of hydrogen-bond donors (Lipinski definition) is 0. The normalized spacial score (nSPS) is 15.6. The van der Waals surface area contributed by atoms with E-state index in [0.717, 1.165) is 43.1 Å². The van der Waals surface area contributed by atoms with Crippen LogP contribution in [0.3, 0.4) is 0 Å². The molecule has 0 aliphatic carbocycles. The van der Waals surface area contributed by atoms with E-state index in [1.165, 1.54) is 16.7 Å². The van der Waals surface area contributed by atoms with E-state index in [-0.39, 0.29) is 0 Å². The quantitative estimate of drug-likeness (QED) is 0.782. The van der Waals surface area contributed by atoms with Crippen molar-refractivity contribution in [1.82, 2.24) is 4.90 Å². The Balaban J connectivity index is 1.77. The van der Waals surface area contributed by atoms with Crippen molar-refractivity contribution < 1.29 is 9.47 Å². The minimum Gasteiger partial charge on any atom is -0.488 e. The highest BCUT2D eigenvalue weighted by atomic mass is 79.9. The summed E-state index contributed by atoms with van der Waals surface area (Å²) in [6.07, 6.45) is 0. The van der Waals surface area contributed by atoms with Crippen LogP contribution in [0.2, 0.25) is 0 Å². The standard InChI is InChI=1S/C19H22BrNO2/c1-15-11-18(20)12-17(13-21-7-9-22-10-8-21)19(15)23-14-16-5-3-2-4-6-16/h2-6,11-12H,7-10,13-14H2,1H3. The molecule has 3 nitrogen and oxygen atoms in total. The number of hydrogen-bond acceptors (Lipinski definition) is 3. The molecule has 0 bridgehead atoms. The van der Waals surface area contributed by atoms with E-state index < -0.39 is 0 Å². The SMILES string of the molecule is Cc1cc(Br)cc(CN2CCOCC2)c1OCc1ccccc1. The number of nitrogens with zero attached hydrogens (tertiary/aromatic N) is 1. The Kier molecular flexibility index (Phi) is 5.70. The van der Waals surface area contributed by atoms with Crippen LogP contribution in [0.15, 0.2) is 46.9 Å². The van der Waals surface area contributed by atoms with Crippen LogP contribution in [-0.2, 0) is 17.9 Å². The minimum absolute atomic E-state index is 0.597. The minimum atomic E-state index is 0.597. The second-order valence-corrected chi connectivity index (χ2v) is 6.79. The van der Waals surface area contributed by atoms with Gasteiger partial charge in [-0.2, -0.15) is 0 Å². The number of aryl methyl sites for hydroxylation is 1. The molecule has 3 rings (SSSR count). The molecule has 23 heavy (non-hydrogen) atoms. The molecule has 1 heterocycles. The summed E-state index contributed by atoms with van der Waals surface area (Å²) < 4.78 is 12.7. The molecule has 0 radical (unpaired) electrons. The molecule has 122 valence electrons. The maximum Gasteiger partial charge on any atom is 0.127 e. The van der Waals surface area contributed by atoms with Crippen molar-refractivity contribution in [3.63, 3.8) is 0 Å². The van der Waals surface area contributed by atoms with Crippen molar-refractivity contribution in [3.05, 3.63) is 63.6 Å². The molecule has 1 aliphatic heterocycles. The smallest absolute Gasteiger partial charge is 0.127 e. The van der Waals surface area contributed by atoms with Gasteiger partial charge in [-0.3, -0.25) is 4.90 Å². The molecule has 2 aromatic rings. The summed E-state index contributed by atoms with van der Waals surface area (Å²) in [6.45, 7) is 7.18. The third kappa shape index (κ3) is 4.56. The number of morpholine rings is 1. The molecule has 0 unspecified atom stereocenters. The van der Waals surface area contributed by atoms with Crippen molar-refractivity contribution in [2.24, 2.45) is 0 Å². The first kappa shape index (κ1) is 16.5. The Bertz CT molecular complexity index is 639. The van der Waals surface area contributed by atoms with Crippen LogP contribution in [0.4, 0.5) is 0 Å². The van der Waals surface area contributed by atoms with Gasteiger partial charge >= 0.3 is 0 Å². The van der Waals surface area contributed by atoms with E-state index >= 15 is 0 Å². The zero-order valence-corrected chi connectivity index (χ0v) is 15.0. The molecule has 1 saturated heterocycles. The molecule has 0 N–H and O–H groups in total. The molecular formula is C19H22BrNO2. The molecule has 0 atom stereocenters. The predicted octanol–water partition coefficient (Wildman–Crippen LogP) is 4.17. The van der Waals surface area contributed by atoms with Crippen molar-refractivity contribution in [2.45, 2.75) is 20.1 Å². The zero-order valence-electron chi connectivity index (χ0n) is 13.4. The van der Waals surface area contributed by atoms with Gasteiger partial charge in [-0.1, -0.05) is 46.3 Å². The third-order valence-corrected chi connectivity index (χ3v) is 4.50. The van der Waals surface area contributed by atoms with Gasteiger partial charge in [0.15, 0.2) is 0 Å². The fraction of sp³-hybridized carbons (Fsp3) is 0.368. The van der Waals surface area contributed by atoms with Gasteiger partial charge in [0.1, 0.15) is 12.4 Å². The lowest BCUT2D eigenvalue weighted by atomic mass is 10.1. The number of halogens is 1. The summed E-state index contributed by atoms with van der Waals surface area (Å²) in [7, 11) is 0. The van der Waals surface area contributed by atoms with Crippen LogP contribution in [0, 0.1) is 6.92 Å². The van der Waals surface area contributed by atoms with Gasteiger partial charge in [-0.05, 0) is 30.2 Å². The van der Waals surface area contributed by atoms with E-state index in [1.807, 2.05) is 18.2 Å². The molecule has 1 fully saturated rings. The maximum absolute atomic E-state index is 6.17. The molecule has 0 aromatic heterocycles. The molecule has 1 aliphatic rings. The Labute approximate surface area is 146 Å². The monoisotopic (exact) mass is 375 g/mol. The first-order valence-corrected chi connectivity index (χ1v) is 8.77. The predicted molar refractivity (Wildman–Crippen MR) is 95.7 cm³/mol. The Morgan fingerprint density at radius 1 is 1.13 bits per heavy atom. The number of benzene rings is 2. The highest BCUT2D eigenvalue weighted by molar-refractivity contribution is 9.10. The fourth-order valence-electron chi connectivity index (χ4n) is 2.85. The van der Waals surface area contributed by atoms with Crippen LogP contribution in [0.25, 0.3) is 0 Å². The van der Waals surface area contributed by atoms with E-state index in [4.69, 9.17) is 9.47 Å². The number of rotatable bonds is 5. The van der Waals surface area contributed by atoms with Crippen molar-refractivity contribution in [1.29, 1.82) is 0 Å². The van der Waals surface area contributed by atoms with Gasteiger partial charge in [0.2, 0.25) is 0 Å². The topological polar surface area (TPSA) is 21.7 Å². The van der Waals surface area contributed by atoms with Crippen molar-refractivity contribution in [3.8, 4) is 5.75 Å². The van der Waals surface area contributed by atoms with E-state index in [0.29, 0.717) is 6.61 Å². The van der Waals surface area contributed by atoms with Crippen LogP contribution in [0.1, 0.15) is 16.7 Å². The fourth-order valence-corrected chi connectivity index (χ4v) is 3.47. The molecule has 0 saturated carbocycles. The first-order chi connectivity index (χ1) is 11.2. The summed E-state index contributed by atoms with van der Waals surface area (Å²) in [5, 5.41) is 0. The van der Waals surface area contributed by atoms with Crippen LogP contribution >= 0.6 is 15.9 Å². The summed E-state index contributed by atoms with van der Waals surface area (Å²) in [4.78, 5) is 2.42. The largest absolute Gasteiger partial charge is 0.488 e. The highest BCUT2D eigenvalue weighted by Gasteiger charge is 2.16. The zero-order chi connectivity index (χ0) is 16.1. The lowest BCUT2D eigenvalue weighted by Crippen LogP contribution is -2.35. The average Bonchev–Trinajstić information content (AvgIpc) is 2.56. The maximum atomic E-state index is 6.17. The summed E-state index contributed by atoms with van der Waals surface area (Å²) in [5.41, 5.74) is 3.58. The highest BCUT2D eigenvalue weighted by Crippen LogP contribution is 2.30. The lowest BCUT2D eigenvalue weighted by molar-refractivity contribution is 0.0337. The summed E-state index contributed by atoms with van der Waals surface area (Å²) in [6, 6.07) is 14.6. The van der Waals surface area contributed by atoms with Gasteiger partial charge < -0.3 is 9.47 Å². The third-order valence-electron chi connectivity index (χ3n) is 4.04. The molecule has 2 aromatic carbocycles. The van der Waals surface area contributed by atoms with Gasteiger partial charge in [0.05, 0.1) is 13.2 Å². The van der Waals surface area contributed by atoms with Crippen LogP contribution in [0.5, 0.6) is 5.75 Å². The first-order valence-electron chi connectivity index (χ1n) is 7.98. The van der Waals surface area contributed by atoms with Gasteiger partial charge in [0.25, 0.3) is 0 Å². The second kappa shape index (κ2) is 7.95. The van der Waals surface area contributed by atoms with E-state index in [2.05, 4.69) is 52.0 Å². The molecular weight excluding hydrogens is 354 g/mol. The molecule has 0 amide bonds. The van der Waals surface area contributed by atoms with Gasteiger partial charge in [0, 0.05) is 29.7 Å². The second-order valence-electron chi connectivity index (χ2n) is 5.87. The molecule has 0 spiro atoms. The summed E-state index contributed by atoms with van der Waals surface area (Å²) in [5.74, 6) is 1.00.